The van der Waals surface area contributed by atoms with Crippen LogP contribution in [-0.4, -0.2) is 73.5 Å². The maximum absolute atomic E-state index is 12.4. The molecule has 2 aliphatic rings. The largest absolute Gasteiger partial charge is 0.492 e. The van der Waals surface area contributed by atoms with Gasteiger partial charge in [0.1, 0.15) is 12.4 Å². The first-order valence-corrected chi connectivity index (χ1v) is 11.7. The van der Waals surface area contributed by atoms with Gasteiger partial charge in [-0.2, -0.15) is 0 Å². The van der Waals surface area contributed by atoms with Crippen molar-refractivity contribution in [1.29, 1.82) is 0 Å². The summed E-state index contributed by atoms with van der Waals surface area (Å²) in [5, 5.41) is 2.85. The quantitative estimate of drug-likeness (QED) is 0.543. The average molecular weight is 466 g/mol. The van der Waals surface area contributed by atoms with Crippen LogP contribution >= 0.6 is 0 Å². The SMILES string of the molecule is CN(CCOc1cccc(CNC(=O)CCN2C(=O)c3ccccc3C2=O)c1)C1CCOCC1. The van der Waals surface area contributed by atoms with Crippen molar-refractivity contribution in [3.8, 4) is 5.75 Å². The van der Waals surface area contributed by atoms with E-state index in [0.29, 0.717) is 30.3 Å². The fraction of sp³-hybridized carbons (Fsp3) is 0.423. The highest BCUT2D eigenvalue weighted by molar-refractivity contribution is 6.21. The van der Waals surface area contributed by atoms with E-state index >= 15 is 0 Å². The van der Waals surface area contributed by atoms with Crippen LogP contribution in [0, 0.1) is 0 Å². The minimum absolute atomic E-state index is 0.0558. The van der Waals surface area contributed by atoms with Crippen LogP contribution in [-0.2, 0) is 16.1 Å². The first-order valence-electron chi connectivity index (χ1n) is 11.7. The Labute approximate surface area is 199 Å². The molecule has 0 saturated carbocycles. The molecule has 0 spiro atoms. The van der Waals surface area contributed by atoms with Gasteiger partial charge in [-0.25, -0.2) is 0 Å². The second-order valence-electron chi connectivity index (χ2n) is 8.65. The molecule has 34 heavy (non-hydrogen) atoms. The molecule has 0 bridgehead atoms. The first-order chi connectivity index (χ1) is 16.5. The van der Waals surface area contributed by atoms with Gasteiger partial charge in [-0.15, -0.1) is 0 Å². The van der Waals surface area contributed by atoms with Crippen LogP contribution in [0.4, 0.5) is 0 Å². The van der Waals surface area contributed by atoms with Crippen molar-refractivity contribution in [3.05, 3.63) is 65.2 Å². The van der Waals surface area contributed by atoms with Gasteiger partial charge in [-0.1, -0.05) is 24.3 Å². The molecular weight excluding hydrogens is 434 g/mol. The van der Waals surface area contributed by atoms with Crippen molar-refractivity contribution in [1.82, 2.24) is 15.1 Å². The van der Waals surface area contributed by atoms with Crippen molar-refractivity contribution in [2.75, 3.05) is 40.0 Å². The molecule has 1 fully saturated rings. The third-order valence-electron chi connectivity index (χ3n) is 6.36. The molecule has 0 atom stereocenters. The lowest BCUT2D eigenvalue weighted by molar-refractivity contribution is -0.121. The molecule has 2 aromatic carbocycles. The highest BCUT2D eigenvalue weighted by Crippen LogP contribution is 2.22. The van der Waals surface area contributed by atoms with Gasteiger partial charge in [0.05, 0.1) is 11.1 Å². The number of benzene rings is 2. The van der Waals surface area contributed by atoms with Crippen molar-refractivity contribution < 1.29 is 23.9 Å². The lowest BCUT2D eigenvalue weighted by Crippen LogP contribution is -2.38. The van der Waals surface area contributed by atoms with E-state index in [1.807, 2.05) is 24.3 Å². The van der Waals surface area contributed by atoms with Gasteiger partial charge in [-0.3, -0.25) is 24.2 Å². The molecule has 2 aromatic rings. The van der Waals surface area contributed by atoms with E-state index in [-0.39, 0.29) is 30.7 Å². The maximum Gasteiger partial charge on any atom is 0.261 e. The monoisotopic (exact) mass is 465 g/mol. The van der Waals surface area contributed by atoms with Gasteiger partial charge in [0.2, 0.25) is 5.91 Å². The van der Waals surface area contributed by atoms with Crippen LogP contribution in [0.1, 0.15) is 45.5 Å². The number of amides is 3. The van der Waals surface area contributed by atoms with Gasteiger partial charge < -0.3 is 14.8 Å². The van der Waals surface area contributed by atoms with Crippen molar-refractivity contribution in [2.24, 2.45) is 0 Å². The summed E-state index contributed by atoms with van der Waals surface area (Å²) < 4.78 is 11.3. The predicted molar refractivity (Wildman–Crippen MR) is 127 cm³/mol. The molecule has 0 unspecified atom stereocenters. The molecule has 0 aliphatic carbocycles. The number of ether oxygens (including phenoxy) is 2. The highest BCUT2D eigenvalue weighted by Gasteiger charge is 2.34. The topological polar surface area (TPSA) is 88.2 Å². The summed E-state index contributed by atoms with van der Waals surface area (Å²) in [7, 11) is 2.12. The molecule has 8 heteroatoms. The van der Waals surface area contributed by atoms with Crippen LogP contribution < -0.4 is 10.1 Å². The van der Waals surface area contributed by atoms with Crippen molar-refractivity contribution in [2.45, 2.75) is 31.8 Å². The smallest absolute Gasteiger partial charge is 0.261 e. The van der Waals surface area contributed by atoms with Crippen molar-refractivity contribution in [3.63, 3.8) is 0 Å². The number of fused-ring (bicyclic) bond motifs is 1. The number of carbonyl (C=O) groups is 3. The summed E-state index contributed by atoms with van der Waals surface area (Å²) in [4.78, 5) is 40.6. The van der Waals surface area contributed by atoms with E-state index in [9.17, 15) is 14.4 Å². The van der Waals surface area contributed by atoms with Gasteiger partial charge >= 0.3 is 0 Å². The Morgan fingerprint density at radius 1 is 1.09 bits per heavy atom. The summed E-state index contributed by atoms with van der Waals surface area (Å²) in [6, 6.07) is 14.9. The fourth-order valence-corrected chi connectivity index (χ4v) is 4.31. The minimum atomic E-state index is -0.347. The summed E-state index contributed by atoms with van der Waals surface area (Å²) in [6.07, 6.45) is 2.16. The van der Waals surface area contributed by atoms with Gasteiger partial charge in [0.25, 0.3) is 11.8 Å². The molecule has 3 amide bonds. The molecule has 4 rings (SSSR count). The third kappa shape index (κ3) is 5.81. The number of carbonyl (C=O) groups excluding carboxylic acids is 3. The van der Waals surface area contributed by atoms with Crippen molar-refractivity contribution >= 4 is 17.7 Å². The normalized spacial score (nSPS) is 16.1. The molecule has 1 saturated heterocycles. The highest BCUT2D eigenvalue weighted by atomic mass is 16.5. The van der Waals surface area contributed by atoms with E-state index in [1.165, 1.54) is 0 Å². The number of nitrogens with zero attached hydrogens (tertiary/aromatic N) is 2. The Morgan fingerprint density at radius 2 is 1.79 bits per heavy atom. The van der Waals surface area contributed by atoms with E-state index in [4.69, 9.17) is 9.47 Å². The van der Waals surface area contributed by atoms with Gasteiger partial charge in [-0.05, 0) is 49.7 Å². The fourth-order valence-electron chi connectivity index (χ4n) is 4.31. The first kappa shape index (κ1) is 23.9. The lowest BCUT2D eigenvalue weighted by Gasteiger charge is -2.31. The van der Waals surface area contributed by atoms with E-state index in [0.717, 1.165) is 48.8 Å². The third-order valence-corrected chi connectivity index (χ3v) is 6.36. The Balaban J connectivity index is 1.19. The van der Waals surface area contributed by atoms with Gasteiger partial charge in [0.15, 0.2) is 0 Å². The van der Waals surface area contributed by atoms with Crippen LogP contribution in [0.15, 0.2) is 48.5 Å². The van der Waals surface area contributed by atoms with Gasteiger partial charge in [0, 0.05) is 45.3 Å². The number of rotatable bonds is 10. The molecule has 8 nitrogen and oxygen atoms in total. The zero-order chi connectivity index (χ0) is 23.9. The Hall–Kier alpha value is -3.23. The molecule has 0 aromatic heterocycles. The number of nitrogens with one attached hydrogen (secondary N) is 1. The second kappa shape index (κ2) is 11.3. The van der Waals surface area contributed by atoms with E-state index in [2.05, 4.69) is 17.3 Å². The van der Waals surface area contributed by atoms with Crippen LogP contribution in [0.5, 0.6) is 5.75 Å². The number of imide groups is 1. The van der Waals surface area contributed by atoms with E-state index < -0.39 is 0 Å². The summed E-state index contributed by atoms with van der Waals surface area (Å²) in [5.41, 5.74) is 1.71. The molecular formula is C26H31N3O5. The number of hydrogen-bond acceptors (Lipinski definition) is 6. The minimum Gasteiger partial charge on any atom is -0.492 e. The van der Waals surface area contributed by atoms with Crippen LogP contribution in [0.3, 0.4) is 0 Å². The standard InChI is InChI=1S/C26H31N3O5/c1-28(20-10-14-33-15-11-20)13-16-34-21-6-4-5-19(17-21)18-27-24(30)9-12-29-25(31)22-7-2-3-8-23(22)26(29)32/h2-8,17,20H,9-16,18H2,1H3,(H,27,30). The molecule has 1 N–H and O–H groups in total. The molecule has 2 heterocycles. The Morgan fingerprint density at radius 3 is 2.50 bits per heavy atom. The number of hydrogen-bond donors (Lipinski definition) is 1. The average Bonchev–Trinajstić information content (AvgIpc) is 3.11. The Kier molecular flexibility index (Phi) is 7.92. The lowest BCUT2D eigenvalue weighted by atomic mass is 10.1. The van der Waals surface area contributed by atoms with Crippen LogP contribution in [0.2, 0.25) is 0 Å². The predicted octanol–water partition coefficient (Wildman–Crippen LogP) is 2.48. The second-order valence-corrected chi connectivity index (χ2v) is 8.65. The molecule has 0 radical (unpaired) electrons. The maximum atomic E-state index is 12.4. The zero-order valence-corrected chi connectivity index (χ0v) is 19.5. The number of likely N-dealkylation sites (N-methyl/N-ethyl adjacent to an activating group) is 1. The van der Waals surface area contributed by atoms with Crippen LogP contribution in [0.25, 0.3) is 0 Å². The Bertz CT molecular complexity index is 1000. The molecule has 2 aliphatic heterocycles. The summed E-state index contributed by atoms with van der Waals surface area (Å²) >= 11 is 0. The molecule has 180 valence electrons. The van der Waals surface area contributed by atoms with E-state index in [1.54, 1.807) is 24.3 Å². The summed E-state index contributed by atoms with van der Waals surface area (Å²) in [6.45, 7) is 3.47. The summed E-state index contributed by atoms with van der Waals surface area (Å²) in [5.74, 6) is -0.152. The zero-order valence-electron chi connectivity index (χ0n) is 19.5.